The van der Waals surface area contributed by atoms with Gasteiger partial charge >= 0.3 is 12.2 Å². The molecule has 6 aromatic carbocycles. The lowest BCUT2D eigenvalue weighted by Crippen LogP contribution is -2.50. The van der Waals surface area contributed by atoms with Gasteiger partial charge in [0.1, 0.15) is 34.4 Å². The molecule has 0 radical (unpaired) electrons. The number of carbonyl (C=O) groups excluding carboxylic acids is 6. The van der Waals surface area contributed by atoms with Crippen molar-refractivity contribution >= 4 is 35.8 Å². The van der Waals surface area contributed by atoms with Crippen LogP contribution in [0, 0.1) is 0 Å². The molecule has 14 nitrogen and oxygen atoms in total. The number of rotatable bonds is 24. The van der Waals surface area contributed by atoms with E-state index >= 15 is 0 Å². The van der Waals surface area contributed by atoms with Crippen LogP contribution in [0.3, 0.4) is 0 Å². The Kier molecular flexibility index (Phi) is 21.1. The molecule has 6 rings (SSSR count). The third-order valence-electron chi connectivity index (χ3n) is 12.6. The van der Waals surface area contributed by atoms with Crippen LogP contribution in [0.4, 0.5) is 9.59 Å². The van der Waals surface area contributed by atoms with Crippen molar-refractivity contribution in [1.82, 2.24) is 31.9 Å². The molecule has 6 amide bonds. The van der Waals surface area contributed by atoms with E-state index in [0.717, 1.165) is 33.4 Å². The number of hydrogen-bond acceptors (Lipinski definition) is 8. The number of carbonyl (C=O) groups is 6. The standard InChI is InChI=1S/C64H74N6O8/c1-61(2,3)77-59(75)67-53(41-43-55(71)69-63(47-29-15-9-16-30-47,48-31-17-10-18-32-48)49-33-19-11-20-34-49)57(73)65-45-27-7-8-28-46-66-58(74)54(68-60(76)78-62(4,5)6)42-44-56(72)70-64(50-35-21-12-22-36-50,51-37-23-13-24-38-51)52-39-25-14-26-40-52/h7-26,29-40,53-54H,27-28,41-46H2,1-6H3,(H,65,73)(H,66,74)(H,67,75)(H,68,76)(H,69,71)(H,70,72)/b8-7-/t53-,54-/m0/s1. The molecule has 0 aliphatic heterocycles. The van der Waals surface area contributed by atoms with E-state index in [0.29, 0.717) is 12.8 Å². The largest absolute Gasteiger partial charge is 0.444 e. The zero-order valence-corrected chi connectivity index (χ0v) is 45.6. The maximum atomic E-state index is 14.2. The van der Waals surface area contributed by atoms with Gasteiger partial charge in [-0.15, -0.1) is 0 Å². The highest BCUT2D eigenvalue weighted by molar-refractivity contribution is 5.88. The van der Waals surface area contributed by atoms with E-state index in [4.69, 9.17) is 9.47 Å². The average molecular weight is 1060 g/mol. The monoisotopic (exact) mass is 1050 g/mol. The summed E-state index contributed by atoms with van der Waals surface area (Å²) in [5, 5.41) is 17.7. The van der Waals surface area contributed by atoms with Crippen LogP contribution in [0.15, 0.2) is 194 Å². The van der Waals surface area contributed by atoms with Crippen LogP contribution in [0.5, 0.6) is 0 Å². The third kappa shape index (κ3) is 17.0. The maximum absolute atomic E-state index is 14.2. The number of nitrogens with one attached hydrogen (secondary N) is 6. The van der Waals surface area contributed by atoms with Crippen molar-refractivity contribution in [1.29, 1.82) is 0 Å². The predicted molar refractivity (Wildman–Crippen MR) is 304 cm³/mol. The Morgan fingerprint density at radius 1 is 0.397 bits per heavy atom. The minimum Gasteiger partial charge on any atom is -0.444 e. The molecule has 0 aliphatic rings. The molecule has 0 heterocycles. The first-order valence-corrected chi connectivity index (χ1v) is 26.5. The van der Waals surface area contributed by atoms with Crippen molar-refractivity contribution in [3.8, 4) is 0 Å². The molecule has 408 valence electrons. The predicted octanol–water partition coefficient (Wildman–Crippen LogP) is 10.1. The van der Waals surface area contributed by atoms with E-state index < -0.39 is 58.4 Å². The molecule has 6 N–H and O–H groups in total. The summed E-state index contributed by atoms with van der Waals surface area (Å²) in [4.78, 5) is 81.9. The van der Waals surface area contributed by atoms with Crippen molar-refractivity contribution in [3.63, 3.8) is 0 Å². The first-order valence-electron chi connectivity index (χ1n) is 26.5. The highest BCUT2D eigenvalue weighted by atomic mass is 16.6. The minimum atomic E-state index is -1.10. The van der Waals surface area contributed by atoms with Crippen LogP contribution < -0.4 is 31.9 Å². The molecule has 0 aromatic heterocycles. The van der Waals surface area contributed by atoms with Crippen LogP contribution in [0.25, 0.3) is 0 Å². The maximum Gasteiger partial charge on any atom is 0.408 e. The summed E-state index contributed by atoms with van der Waals surface area (Å²) < 4.78 is 11.0. The number of benzene rings is 6. The topological polar surface area (TPSA) is 193 Å². The number of ether oxygens (including phenoxy) is 2. The van der Waals surface area contributed by atoms with Gasteiger partial charge in [-0.1, -0.05) is 194 Å². The van der Waals surface area contributed by atoms with Crippen LogP contribution in [-0.2, 0) is 39.7 Å². The second-order valence-corrected chi connectivity index (χ2v) is 20.9. The first-order chi connectivity index (χ1) is 37.4. The molecule has 0 spiro atoms. The van der Waals surface area contributed by atoms with Gasteiger partial charge in [0.15, 0.2) is 0 Å². The molecular weight excluding hydrogens is 981 g/mol. The Balaban J connectivity index is 1.06. The number of alkyl carbamates (subject to hydrolysis) is 2. The lowest BCUT2D eigenvalue weighted by atomic mass is 9.77. The first kappa shape index (κ1) is 58.7. The highest BCUT2D eigenvalue weighted by Gasteiger charge is 2.40. The van der Waals surface area contributed by atoms with E-state index in [1.165, 1.54) is 0 Å². The van der Waals surface area contributed by atoms with E-state index in [1.54, 1.807) is 41.5 Å². The molecule has 0 bridgehead atoms. The molecular formula is C64H74N6O8. The SMILES string of the molecule is CC(C)(C)OC(=O)N[C@@H](CCC(=O)NC(c1ccccc1)(c1ccccc1)c1ccccc1)C(=O)NCC/C=C\CCNC(=O)[C@H](CCC(=O)NC(c1ccccc1)(c1ccccc1)c1ccccc1)NC(=O)OC(C)(C)C. The Hall–Kier alpha value is -8.52. The quantitative estimate of drug-likeness (QED) is 0.0196. The van der Waals surface area contributed by atoms with Crippen molar-refractivity contribution in [2.45, 2.75) is 114 Å². The van der Waals surface area contributed by atoms with Crippen molar-refractivity contribution in [3.05, 3.63) is 228 Å². The van der Waals surface area contributed by atoms with Gasteiger partial charge in [-0.25, -0.2) is 9.59 Å². The highest BCUT2D eigenvalue weighted by Crippen LogP contribution is 2.38. The molecule has 6 aromatic rings. The summed E-state index contributed by atoms with van der Waals surface area (Å²) >= 11 is 0. The fourth-order valence-corrected chi connectivity index (χ4v) is 9.13. The lowest BCUT2D eigenvalue weighted by molar-refractivity contribution is -0.126. The molecule has 0 aliphatic carbocycles. The summed E-state index contributed by atoms with van der Waals surface area (Å²) in [5.74, 6) is -1.65. The van der Waals surface area contributed by atoms with Crippen molar-refractivity contribution in [2.24, 2.45) is 0 Å². The van der Waals surface area contributed by atoms with Gasteiger partial charge in [-0.2, -0.15) is 0 Å². The molecule has 0 saturated carbocycles. The van der Waals surface area contributed by atoms with Gasteiger partial charge in [0.2, 0.25) is 23.6 Å². The zero-order valence-electron chi connectivity index (χ0n) is 45.6. The fraction of sp³-hybridized carbons (Fsp3) is 0.312. The van der Waals surface area contributed by atoms with Gasteiger partial charge in [0.25, 0.3) is 0 Å². The summed E-state index contributed by atoms with van der Waals surface area (Å²) in [5.41, 5.74) is 1.28. The zero-order chi connectivity index (χ0) is 56.0. The smallest absolute Gasteiger partial charge is 0.408 e. The summed E-state index contributed by atoms with van der Waals surface area (Å²) in [7, 11) is 0. The van der Waals surface area contributed by atoms with E-state index in [2.05, 4.69) is 31.9 Å². The van der Waals surface area contributed by atoms with Gasteiger partial charge < -0.3 is 41.4 Å². The summed E-state index contributed by atoms with van der Waals surface area (Å²) in [6.07, 6.45) is 2.70. The van der Waals surface area contributed by atoms with Gasteiger partial charge in [-0.05, 0) is 101 Å². The molecule has 0 unspecified atom stereocenters. The summed E-state index contributed by atoms with van der Waals surface area (Å²) in [6.45, 7) is 10.8. The van der Waals surface area contributed by atoms with Crippen LogP contribution in [-0.4, -0.2) is 72.2 Å². The molecule has 14 heteroatoms. The Labute approximate surface area is 459 Å². The molecule has 78 heavy (non-hydrogen) atoms. The summed E-state index contributed by atoms with van der Waals surface area (Å²) in [6, 6.07) is 56.0. The second-order valence-electron chi connectivity index (χ2n) is 20.9. The van der Waals surface area contributed by atoms with Crippen LogP contribution >= 0.6 is 0 Å². The van der Waals surface area contributed by atoms with E-state index in [9.17, 15) is 28.8 Å². The minimum absolute atomic E-state index is 0.0226. The third-order valence-corrected chi connectivity index (χ3v) is 12.6. The van der Waals surface area contributed by atoms with E-state index in [-0.39, 0.29) is 50.6 Å². The van der Waals surface area contributed by atoms with Gasteiger partial charge in [0, 0.05) is 25.9 Å². The fourth-order valence-electron chi connectivity index (χ4n) is 9.13. The van der Waals surface area contributed by atoms with Crippen LogP contribution in [0.2, 0.25) is 0 Å². The lowest BCUT2D eigenvalue weighted by Gasteiger charge is -2.37. The Morgan fingerprint density at radius 2 is 0.641 bits per heavy atom. The Bertz CT molecular complexity index is 2500. The average Bonchev–Trinajstić information content (AvgIpc) is 3.62. The second kappa shape index (κ2) is 28.0. The molecule has 0 fully saturated rings. The van der Waals surface area contributed by atoms with Gasteiger partial charge in [0.05, 0.1) is 0 Å². The van der Waals surface area contributed by atoms with Crippen molar-refractivity contribution < 1.29 is 38.2 Å². The van der Waals surface area contributed by atoms with Crippen molar-refractivity contribution in [2.75, 3.05) is 13.1 Å². The molecule has 0 saturated heterocycles. The van der Waals surface area contributed by atoms with Gasteiger partial charge in [-0.3, -0.25) is 19.2 Å². The number of hydrogen-bond donors (Lipinski definition) is 6. The molecule has 2 atom stereocenters. The van der Waals surface area contributed by atoms with Crippen LogP contribution in [0.1, 0.15) is 113 Å². The Morgan fingerprint density at radius 3 is 0.872 bits per heavy atom. The number of amides is 6. The van der Waals surface area contributed by atoms with E-state index in [1.807, 2.05) is 194 Å². The normalized spacial score (nSPS) is 12.5.